The third kappa shape index (κ3) is 4.86. The summed E-state index contributed by atoms with van der Waals surface area (Å²) >= 11 is 0. The number of nitrogens with zero attached hydrogens (tertiary/aromatic N) is 1. The van der Waals surface area contributed by atoms with Crippen molar-refractivity contribution in [3.8, 4) is 22.9 Å². The first kappa shape index (κ1) is 17.5. The first-order chi connectivity index (χ1) is 12.3. The van der Waals surface area contributed by atoms with Crippen molar-refractivity contribution in [2.75, 3.05) is 6.61 Å². The summed E-state index contributed by atoms with van der Waals surface area (Å²) in [5, 5.41) is 8.88. The van der Waals surface area contributed by atoms with Gasteiger partial charge in [-0.15, -0.1) is 0 Å². The van der Waals surface area contributed by atoms with Crippen molar-refractivity contribution in [1.82, 2.24) is 0 Å². The average Bonchev–Trinajstić information content (AvgIpc) is 2.68. The summed E-state index contributed by atoms with van der Waals surface area (Å²) in [6.45, 7) is 3.13. The fraction of sp³-hybridized carbons (Fsp3) is 0.435. The van der Waals surface area contributed by atoms with Crippen LogP contribution in [0.25, 0.3) is 11.1 Å². The number of rotatable bonds is 6. The minimum atomic E-state index is 0.692. The van der Waals surface area contributed by atoms with E-state index in [0.29, 0.717) is 11.5 Å². The molecule has 3 rings (SSSR count). The zero-order valence-corrected chi connectivity index (χ0v) is 15.1. The Kier molecular flexibility index (Phi) is 6.12. The first-order valence-corrected chi connectivity index (χ1v) is 9.52. The lowest BCUT2D eigenvalue weighted by Crippen LogP contribution is -2.20. The van der Waals surface area contributed by atoms with Gasteiger partial charge in [0.15, 0.2) is 0 Å². The molecule has 2 heteroatoms. The minimum absolute atomic E-state index is 0.692. The molecule has 0 aromatic heterocycles. The molecule has 1 fully saturated rings. The Morgan fingerprint density at radius 3 is 2.00 bits per heavy atom. The van der Waals surface area contributed by atoms with E-state index in [1.165, 1.54) is 38.5 Å². The molecule has 0 N–H and O–H groups in total. The molecule has 1 saturated carbocycles. The maximum Gasteiger partial charge on any atom is 0.119 e. The highest BCUT2D eigenvalue weighted by molar-refractivity contribution is 5.64. The smallest absolute Gasteiger partial charge is 0.119 e. The standard InChI is InChI=1S/C23H27NO/c1-2-3-18-4-6-20(7-5-18)17-25-23-14-12-22(13-15-23)21-10-8-19(16-24)9-11-21/h8-15,18,20H,2-7,17H2,1H3. The second kappa shape index (κ2) is 8.72. The fourth-order valence-electron chi connectivity index (χ4n) is 3.79. The molecule has 130 valence electrons. The number of hydrogen-bond acceptors (Lipinski definition) is 2. The quantitative estimate of drug-likeness (QED) is 0.629. The molecular weight excluding hydrogens is 306 g/mol. The highest BCUT2D eigenvalue weighted by atomic mass is 16.5. The van der Waals surface area contributed by atoms with Crippen molar-refractivity contribution in [2.45, 2.75) is 45.4 Å². The molecule has 0 saturated heterocycles. The molecule has 2 aromatic carbocycles. The Balaban J connectivity index is 1.50. The molecule has 0 heterocycles. The van der Waals surface area contributed by atoms with E-state index in [-0.39, 0.29) is 0 Å². The van der Waals surface area contributed by atoms with Gasteiger partial charge < -0.3 is 4.74 Å². The summed E-state index contributed by atoms with van der Waals surface area (Å²) in [6.07, 6.45) is 8.09. The van der Waals surface area contributed by atoms with Crippen molar-refractivity contribution in [1.29, 1.82) is 5.26 Å². The van der Waals surface area contributed by atoms with Crippen LogP contribution in [0.4, 0.5) is 0 Å². The van der Waals surface area contributed by atoms with Gasteiger partial charge in [0.05, 0.1) is 18.2 Å². The second-order valence-corrected chi connectivity index (χ2v) is 7.20. The van der Waals surface area contributed by atoms with Gasteiger partial charge in [0.2, 0.25) is 0 Å². The summed E-state index contributed by atoms with van der Waals surface area (Å²) in [6, 6.07) is 18.1. The van der Waals surface area contributed by atoms with Gasteiger partial charge in [0.1, 0.15) is 5.75 Å². The van der Waals surface area contributed by atoms with Gasteiger partial charge in [-0.3, -0.25) is 0 Å². The van der Waals surface area contributed by atoms with E-state index >= 15 is 0 Å². The highest BCUT2D eigenvalue weighted by Crippen LogP contribution is 2.32. The van der Waals surface area contributed by atoms with Crippen molar-refractivity contribution < 1.29 is 4.74 Å². The molecule has 1 aliphatic rings. The van der Waals surface area contributed by atoms with Crippen LogP contribution >= 0.6 is 0 Å². The topological polar surface area (TPSA) is 33.0 Å². The van der Waals surface area contributed by atoms with E-state index in [4.69, 9.17) is 10.00 Å². The van der Waals surface area contributed by atoms with Gasteiger partial charge in [0.25, 0.3) is 0 Å². The van der Waals surface area contributed by atoms with Crippen molar-refractivity contribution in [3.63, 3.8) is 0 Å². The van der Waals surface area contributed by atoms with Crippen LogP contribution in [0.15, 0.2) is 48.5 Å². The van der Waals surface area contributed by atoms with Crippen molar-refractivity contribution in [2.24, 2.45) is 11.8 Å². The van der Waals surface area contributed by atoms with Crippen LogP contribution in [0.5, 0.6) is 5.75 Å². The minimum Gasteiger partial charge on any atom is -0.493 e. The maximum atomic E-state index is 8.88. The summed E-state index contributed by atoms with van der Waals surface area (Å²) in [5.74, 6) is 2.62. The molecule has 1 aliphatic carbocycles. The van der Waals surface area contributed by atoms with E-state index < -0.39 is 0 Å². The van der Waals surface area contributed by atoms with E-state index in [1.54, 1.807) is 0 Å². The zero-order chi connectivity index (χ0) is 17.5. The van der Waals surface area contributed by atoms with Crippen molar-refractivity contribution in [3.05, 3.63) is 54.1 Å². The monoisotopic (exact) mass is 333 g/mol. The van der Waals surface area contributed by atoms with Gasteiger partial charge in [-0.05, 0) is 60.1 Å². The van der Waals surface area contributed by atoms with Crippen LogP contribution < -0.4 is 4.74 Å². The first-order valence-electron chi connectivity index (χ1n) is 9.52. The second-order valence-electron chi connectivity index (χ2n) is 7.20. The summed E-state index contributed by atoms with van der Waals surface area (Å²) in [7, 11) is 0. The Morgan fingerprint density at radius 1 is 0.880 bits per heavy atom. The zero-order valence-electron chi connectivity index (χ0n) is 15.1. The molecule has 2 nitrogen and oxygen atoms in total. The van der Waals surface area contributed by atoms with Crippen LogP contribution in [0.3, 0.4) is 0 Å². The van der Waals surface area contributed by atoms with Gasteiger partial charge in [-0.25, -0.2) is 0 Å². The molecular formula is C23H27NO. The van der Waals surface area contributed by atoms with Crippen LogP contribution in [0.2, 0.25) is 0 Å². The lowest BCUT2D eigenvalue weighted by molar-refractivity contribution is 0.178. The Bertz CT molecular complexity index is 688. The summed E-state index contributed by atoms with van der Waals surface area (Å²) < 4.78 is 6.03. The average molecular weight is 333 g/mol. The Hall–Kier alpha value is -2.27. The van der Waals surface area contributed by atoms with E-state index in [0.717, 1.165) is 29.4 Å². The molecule has 2 aromatic rings. The van der Waals surface area contributed by atoms with Gasteiger partial charge in [-0.2, -0.15) is 5.26 Å². The van der Waals surface area contributed by atoms with Crippen molar-refractivity contribution >= 4 is 0 Å². The number of hydrogen-bond donors (Lipinski definition) is 0. The number of ether oxygens (including phenoxy) is 1. The normalized spacial score (nSPS) is 20.0. The largest absolute Gasteiger partial charge is 0.493 e. The molecule has 0 bridgehead atoms. The Labute approximate surface area is 151 Å². The predicted molar refractivity (Wildman–Crippen MR) is 102 cm³/mol. The molecule has 0 radical (unpaired) electrons. The SMILES string of the molecule is CCCC1CCC(COc2ccc(-c3ccc(C#N)cc3)cc2)CC1. The molecule has 0 spiro atoms. The van der Waals surface area contributed by atoms with Crippen LogP contribution in [-0.4, -0.2) is 6.61 Å². The van der Waals surface area contributed by atoms with E-state index in [2.05, 4.69) is 37.3 Å². The van der Waals surface area contributed by atoms with Gasteiger partial charge in [0, 0.05) is 0 Å². The molecule has 0 unspecified atom stereocenters. The van der Waals surface area contributed by atoms with Gasteiger partial charge in [-0.1, -0.05) is 56.9 Å². The van der Waals surface area contributed by atoms with Gasteiger partial charge >= 0.3 is 0 Å². The van der Waals surface area contributed by atoms with Crippen LogP contribution in [-0.2, 0) is 0 Å². The van der Waals surface area contributed by atoms with Crippen LogP contribution in [0, 0.1) is 23.2 Å². The lowest BCUT2D eigenvalue weighted by Gasteiger charge is -2.28. The number of benzene rings is 2. The maximum absolute atomic E-state index is 8.88. The molecule has 0 amide bonds. The fourth-order valence-corrected chi connectivity index (χ4v) is 3.79. The Morgan fingerprint density at radius 2 is 1.44 bits per heavy atom. The van der Waals surface area contributed by atoms with Crippen LogP contribution in [0.1, 0.15) is 51.0 Å². The molecule has 0 aliphatic heterocycles. The summed E-state index contributed by atoms with van der Waals surface area (Å²) in [5.41, 5.74) is 2.97. The predicted octanol–water partition coefficient (Wildman–Crippen LogP) is 6.21. The van der Waals surface area contributed by atoms with E-state index in [9.17, 15) is 0 Å². The molecule has 25 heavy (non-hydrogen) atoms. The third-order valence-electron chi connectivity index (χ3n) is 5.35. The highest BCUT2D eigenvalue weighted by Gasteiger charge is 2.20. The number of nitriles is 1. The third-order valence-corrected chi connectivity index (χ3v) is 5.35. The molecule has 0 atom stereocenters. The lowest BCUT2D eigenvalue weighted by atomic mass is 9.80. The van der Waals surface area contributed by atoms with E-state index in [1.807, 2.05) is 24.3 Å². The summed E-state index contributed by atoms with van der Waals surface area (Å²) in [4.78, 5) is 0.